The second kappa shape index (κ2) is 6.27. The van der Waals surface area contributed by atoms with Gasteiger partial charge in [-0.05, 0) is 54.2 Å². The van der Waals surface area contributed by atoms with Gasteiger partial charge in [0.1, 0.15) is 11.6 Å². The van der Waals surface area contributed by atoms with Crippen molar-refractivity contribution in [2.75, 3.05) is 7.11 Å². The van der Waals surface area contributed by atoms with E-state index in [1.807, 2.05) is 18.2 Å². The SMILES string of the molecule is COc1ccc(C2CC(NCc3cccc(F)c3)C2)cc1. The van der Waals surface area contributed by atoms with Crippen LogP contribution in [0, 0.1) is 5.82 Å². The number of ether oxygens (including phenoxy) is 1. The van der Waals surface area contributed by atoms with Crippen molar-refractivity contribution in [3.05, 3.63) is 65.5 Å². The summed E-state index contributed by atoms with van der Waals surface area (Å²) in [4.78, 5) is 0. The molecule has 0 radical (unpaired) electrons. The molecule has 0 unspecified atom stereocenters. The van der Waals surface area contributed by atoms with E-state index in [9.17, 15) is 4.39 Å². The molecule has 0 atom stereocenters. The van der Waals surface area contributed by atoms with Crippen LogP contribution in [0.5, 0.6) is 5.75 Å². The van der Waals surface area contributed by atoms with Crippen molar-refractivity contribution in [3.63, 3.8) is 0 Å². The summed E-state index contributed by atoms with van der Waals surface area (Å²) >= 11 is 0. The lowest BCUT2D eigenvalue weighted by Gasteiger charge is -2.36. The highest BCUT2D eigenvalue weighted by Gasteiger charge is 2.29. The minimum absolute atomic E-state index is 0.168. The Balaban J connectivity index is 1.47. The first-order chi connectivity index (χ1) is 10.2. The fourth-order valence-corrected chi connectivity index (χ4v) is 2.84. The van der Waals surface area contributed by atoms with Gasteiger partial charge in [0.2, 0.25) is 0 Å². The Bertz CT molecular complexity index is 590. The zero-order valence-corrected chi connectivity index (χ0v) is 12.2. The number of rotatable bonds is 5. The van der Waals surface area contributed by atoms with Gasteiger partial charge in [-0.3, -0.25) is 0 Å². The van der Waals surface area contributed by atoms with Crippen LogP contribution in [-0.4, -0.2) is 13.2 Å². The monoisotopic (exact) mass is 285 g/mol. The lowest BCUT2D eigenvalue weighted by Crippen LogP contribution is -2.39. The van der Waals surface area contributed by atoms with Gasteiger partial charge < -0.3 is 10.1 Å². The molecule has 3 rings (SSSR count). The fraction of sp³-hybridized carbons (Fsp3) is 0.333. The normalized spacial score (nSPS) is 20.9. The van der Waals surface area contributed by atoms with Gasteiger partial charge in [-0.25, -0.2) is 4.39 Å². The molecule has 21 heavy (non-hydrogen) atoms. The van der Waals surface area contributed by atoms with Crippen molar-refractivity contribution in [1.29, 1.82) is 0 Å². The smallest absolute Gasteiger partial charge is 0.123 e. The standard InChI is InChI=1S/C18H20FNO/c1-21-18-7-5-14(6-8-18)15-10-17(11-15)20-12-13-3-2-4-16(19)9-13/h2-9,15,17,20H,10-12H2,1H3. The molecule has 0 amide bonds. The molecule has 2 nitrogen and oxygen atoms in total. The molecule has 1 N–H and O–H groups in total. The molecule has 2 aromatic rings. The number of nitrogens with one attached hydrogen (secondary N) is 1. The number of halogens is 1. The van der Waals surface area contributed by atoms with E-state index in [0.717, 1.165) is 30.7 Å². The Hall–Kier alpha value is -1.87. The highest BCUT2D eigenvalue weighted by atomic mass is 19.1. The van der Waals surface area contributed by atoms with Crippen molar-refractivity contribution in [1.82, 2.24) is 5.32 Å². The number of benzene rings is 2. The first-order valence-corrected chi connectivity index (χ1v) is 7.36. The Kier molecular flexibility index (Phi) is 4.20. The van der Waals surface area contributed by atoms with Crippen LogP contribution in [0.3, 0.4) is 0 Å². The molecule has 110 valence electrons. The molecule has 3 heteroatoms. The predicted molar refractivity (Wildman–Crippen MR) is 82.0 cm³/mol. The Morgan fingerprint density at radius 3 is 2.57 bits per heavy atom. The van der Waals surface area contributed by atoms with Crippen LogP contribution in [0.1, 0.15) is 29.9 Å². The summed E-state index contributed by atoms with van der Waals surface area (Å²) < 4.78 is 18.3. The van der Waals surface area contributed by atoms with Crippen molar-refractivity contribution in [3.8, 4) is 5.75 Å². The predicted octanol–water partition coefficient (Wildman–Crippen LogP) is 3.87. The van der Waals surface area contributed by atoms with Gasteiger partial charge in [0.05, 0.1) is 7.11 Å². The number of hydrogen-bond acceptors (Lipinski definition) is 2. The molecule has 0 bridgehead atoms. The summed E-state index contributed by atoms with van der Waals surface area (Å²) in [5.74, 6) is 1.36. The molecule has 2 aromatic carbocycles. The third-order valence-corrected chi connectivity index (χ3v) is 4.21. The second-order valence-corrected chi connectivity index (χ2v) is 5.65. The Morgan fingerprint density at radius 1 is 1.14 bits per heavy atom. The molecule has 0 spiro atoms. The van der Waals surface area contributed by atoms with E-state index in [0.29, 0.717) is 12.0 Å². The van der Waals surface area contributed by atoms with E-state index < -0.39 is 0 Å². The van der Waals surface area contributed by atoms with Gasteiger partial charge in [-0.1, -0.05) is 24.3 Å². The Morgan fingerprint density at radius 2 is 1.90 bits per heavy atom. The third kappa shape index (κ3) is 3.42. The summed E-state index contributed by atoms with van der Waals surface area (Å²) in [6.07, 6.45) is 2.28. The zero-order chi connectivity index (χ0) is 14.7. The van der Waals surface area contributed by atoms with Crippen LogP contribution >= 0.6 is 0 Å². The number of methoxy groups -OCH3 is 1. The molecular formula is C18H20FNO. The molecule has 1 saturated carbocycles. The number of hydrogen-bond donors (Lipinski definition) is 1. The van der Waals surface area contributed by atoms with Crippen LogP contribution in [0.25, 0.3) is 0 Å². The van der Waals surface area contributed by atoms with Crippen molar-refractivity contribution >= 4 is 0 Å². The molecule has 1 aliphatic rings. The van der Waals surface area contributed by atoms with Gasteiger partial charge in [0.25, 0.3) is 0 Å². The summed E-state index contributed by atoms with van der Waals surface area (Å²) in [5.41, 5.74) is 2.38. The van der Waals surface area contributed by atoms with E-state index in [1.165, 1.54) is 11.6 Å². The van der Waals surface area contributed by atoms with Crippen LogP contribution in [0.15, 0.2) is 48.5 Å². The van der Waals surface area contributed by atoms with Crippen molar-refractivity contribution in [2.24, 2.45) is 0 Å². The summed E-state index contributed by atoms with van der Waals surface area (Å²) in [7, 11) is 1.69. The lowest BCUT2D eigenvalue weighted by molar-refractivity contribution is 0.289. The zero-order valence-electron chi connectivity index (χ0n) is 12.2. The van der Waals surface area contributed by atoms with Gasteiger partial charge in [-0.2, -0.15) is 0 Å². The molecule has 0 saturated heterocycles. The Labute approximate surface area is 125 Å². The van der Waals surface area contributed by atoms with Gasteiger partial charge in [0.15, 0.2) is 0 Å². The molecule has 0 aliphatic heterocycles. The topological polar surface area (TPSA) is 21.3 Å². The summed E-state index contributed by atoms with van der Waals surface area (Å²) in [6.45, 7) is 0.734. The third-order valence-electron chi connectivity index (χ3n) is 4.21. The maximum absolute atomic E-state index is 13.1. The van der Waals surface area contributed by atoms with Gasteiger partial charge >= 0.3 is 0 Å². The first-order valence-electron chi connectivity index (χ1n) is 7.36. The molecule has 1 fully saturated rings. The van der Waals surface area contributed by atoms with Crippen molar-refractivity contribution < 1.29 is 9.13 Å². The summed E-state index contributed by atoms with van der Waals surface area (Å²) in [5, 5.41) is 3.49. The van der Waals surface area contributed by atoms with E-state index in [2.05, 4.69) is 17.4 Å². The molecular weight excluding hydrogens is 265 g/mol. The molecule has 0 aromatic heterocycles. The largest absolute Gasteiger partial charge is 0.497 e. The van der Waals surface area contributed by atoms with Crippen LogP contribution in [0.2, 0.25) is 0 Å². The van der Waals surface area contributed by atoms with E-state index in [-0.39, 0.29) is 5.82 Å². The highest BCUT2D eigenvalue weighted by molar-refractivity contribution is 5.31. The van der Waals surface area contributed by atoms with E-state index >= 15 is 0 Å². The average molecular weight is 285 g/mol. The van der Waals surface area contributed by atoms with Crippen molar-refractivity contribution in [2.45, 2.75) is 31.3 Å². The molecule has 1 aliphatic carbocycles. The maximum atomic E-state index is 13.1. The van der Waals surface area contributed by atoms with E-state index in [1.54, 1.807) is 19.2 Å². The first kappa shape index (κ1) is 14.1. The maximum Gasteiger partial charge on any atom is 0.123 e. The van der Waals surface area contributed by atoms with Crippen LogP contribution in [0.4, 0.5) is 4.39 Å². The highest BCUT2D eigenvalue weighted by Crippen LogP contribution is 2.37. The minimum atomic E-state index is -0.168. The van der Waals surface area contributed by atoms with Gasteiger partial charge in [-0.15, -0.1) is 0 Å². The molecule has 0 heterocycles. The van der Waals surface area contributed by atoms with E-state index in [4.69, 9.17) is 4.74 Å². The quantitative estimate of drug-likeness (QED) is 0.900. The lowest BCUT2D eigenvalue weighted by atomic mass is 9.76. The fourth-order valence-electron chi connectivity index (χ4n) is 2.84. The minimum Gasteiger partial charge on any atom is -0.497 e. The summed E-state index contributed by atoms with van der Waals surface area (Å²) in [6, 6.07) is 15.6. The second-order valence-electron chi connectivity index (χ2n) is 5.65. The van der Waals surface area contributed by atoms with Gasteiger partial charge in [0, 0.05) is 12.6 Å². The van der Waals surface area contributed by atoms with Crippen LogP contribution < -0.4 is 10.1 Å². The average Bonchev–Trinajstić information content (AvgIpc) is 2.46. The van der Waals surface area contributed by atoms with Crippen LogP contribution in [-0.2, 0) is 6.54 Å².